The first-order chi connectivity index (χ1) is 16.1. The molecule has 0 spiro atoms. The zero-order chi connectivity index (χ0) is 22.8. The first-order valence-electron chi connectivity index (χ1n) is 10.9. The summed E-state index contributed by atoms with van der Waals surface area (Å²) in [7, 11) is 0. The molecule has 5 aromatic rings. The molecule has 0 aliphatic carbocycles. The molecular weight excluding hydrogens is 412 g/mol. The first-order valence-corrected chi connectivity index (χ1v) is 10.9. The highest BCUT2D eigenvalue weighted by atomic mass is 15.2. The Hall–Kier alpha value is -4.20. The van der Waals surface area contributed by atoms with Crippen LogP contribution in [0.25, 0.3) is 33.8 Å². The number of rotatable bonds is 6. The molecule has 0 saturated carbocycles. The molecule has 8 nitrogen and oxygen atoms in total. The third-order valence-electron chi connectivity index (χ3n) is 5.39. The zero-order valence-electron chi connectivity index (χ0n) is 18.8. The maximum absolute atomic E-state index is 4.81. The fourth-order valence-electron chi connectivity index (χ4n) is 3.55. The van der Waals surface area contributed by atoms with Gasteiger partial charge in [0.15, 0.2) is 17.3 Å². The molecule has 0 aliphatic heterocycles. The quantitative estimate of drug-likeness (QED) is 0.407. The van der Waals surface area contributed by atoms with Gasteiger partial charge >= 0.3 is 0 Å². The Labute approximate surface area is 191 Å². The Morgan fingerprint density at radius 3 is 2.52 bits per heavy atom. The molecule has 0 bridgehead atoms. The molecule has 1 N–H and O–H groups in total. The fraction of sp³-hybridized carbons (Fsp3) is 0.200. The van der Waals surface area contributed by atoms with Gasteiger partial charge in [-0.15, -0.1) is 0 Å². The van der Waals surface area contributed by atoms with Crippen molar-refractivity contribution >= 4 is 17.0 Å². The molecule has 8 heteroatoms. The maximum Gasteiger partial charge on any atom is 0.166 e. The number of nitrogens with zero attached hydrogens (tertiary/aromatic N) is 7. The van der Waals surface area contributed by atoms with Crippen LogP contribution in [-0.2, 0) is 6.54 Å². The molecule has 0 atom stereocenters. The van der Waals surface area contributed by atoms with Crippen molar-refractivity contribution in [3.63, 3.8) is 0 Å². The predicted molar refractivity (Wildman–Crippen MR) is 128 cm³/mol. The summed E-state index contributed by atoms with van der Waals surface area (Å²) >= 11 is 0. The second-order valence-electron chi connectivity index (χ2n) is 8.15. The van der Waals surface area contributed by atoms with Gasteiger partial charge in [0.1, 0.15) is 5.52 Å². The maximum atomic E-state index is 4.81. The number of fused-ring (bicyclic) bond motifs is 1. The second-order valence-corrected chi connectivity index (χ2v) is 8.15. The standard InChI is InChI=1S/C25H24N8/c1-16(2)33-15-30-22-24(31-23(32-25(22)33)20-8-6-17(3)27-14-20)29-12-18-7-9-21(28-11-18)19-5-4-10-26-13-19/h4-11,13-16H,12H2,1-3H3,(H,29,31,32). The predicted octanol–water partition coefficient (Wildman–Crippen LogP) is 4.85. The van der Waals surface area contributed by atoms with Gasteiger partial charge in [0, 0.05) is 54.2 Å². The molecule has 0 radical (unpaired) electrons. The van der Waals surface area contributed by atoms with Crippen LogP contribution in [0.3, 0.4) is 0 Å². The van der Waals surface area contributed by atoms with Crippen LogP contribution in [0.15, 0.2) is 67.5 Å². The van der Waals surface area contributed by atoms with Gasteiger partial charge in [-0.05, 0) is 56.7 Å². The van der Waals surface area contributed by atoms with Gasteiger partial charge in [-0.25, -0.2) is 15.0 Å². The van der Waals surface area contributed by atoms with Crippen LogP contribution >= 0.6 is 0 Å². The van der Waals surface area contributed by atoms with E-state index in [0.717, 1.165) is 39.2 Å². The van der Waals surface area contributed by atoms with E-state index >= 15 is 0 Å². The minimum absolute atomic E-state index is 0.228. The molecule has 164 valence electrons. The van der Waals surface area contributed by atoms with E-state index in [1.165, 1.54) is 0 Å². The topological polar surface area (TPSA) is 94.3 Å². The number of imidazole rings is 1. The van der Waals surface area contributed by atoms with Crippen LogP contribution in [0.4, 0.5) is 5.82 Å². The normalized spacial score (nSPS) is 11.3. The first kappa shape index (κ1) is 20.7. The number of nitrogens with one attached hydrogen (secondary N) is 1. The Bertz CT molecular complexity index is 1370. The van der Waals surface area contributed by atoms with Gasteiger partial charge < -0.3 is 9.88 Å². The van der Waals surface area contributed by atoms with Crippen LogP contribution in [0.2, 0.25) is 0 Å². The summed E-state index contributed by atoms with van der Waals surface area (Å²) in [5.41, 5.74) is 6.27. The molecule has 5 aromatic heterocycles. The molecule has 0 amide bonds. The Morgan fingerprint density at radius 1 is 0.909 bits per heavy atom. The van der Waals surface area contributed by atoms with Crippen molar-refractivity contribution in [1.29, 1.82) is 0 Å². The highest BCUT2D eigenvalue weighted by Gasteiger charge is 2.16. The molecular formula is C25H24N8. The second kappa shape index (κ2) is 8.74. The fourth-order valence-corrected chi connectivity index (χ4v) is 3.55. The molecule has 0 aromatic carbocycles. The third kappa shape index (κ3) is 4.27. The van der Waals surface area contributed by atoms with Crippen molar-refractivity contribution < 1.29 is 0 Å². The Kier molecular flexibility index (Phi) is 5.48. The average Bonchev–Trinajstić information content (AvgIpc) is 3.28. The zero-order valence-corrected chi connectivity index (χ0v) is 18.8. The minimum atomic E-state index is 0.228. The number of hydrogen-bond donors (Lipinski definition) is 1. The smallest absolute Gasteiger partial charge is 0.166 e. The highest BCUT2D eigenvalue weighted by Crippen LogP contribution is 2.26. The van der Waals surface area contributed by atoms with E-state index in [1.807, 2.05) is 56.0 Å². The van der Waals surface area contributed by atoms with E-state index in [-0.39, 0.29) is 6.04 Å². The van der Waals surface area contributed by atoms with Gasteiger partial charge in [0.25, 0.3) is 0 Å². The number of anilines is 1. The Morgan fingerprint density at radius 2 is 1.82 bits per heavy atom. The van der Waals surface area contributed by atoms with Crippen molar-refractivity contribution in [2.75, 3.05) is 5.32 Å². The summed E-state index contributed by atoms with van der Waals surface area (Å²) in [4.78, 5) is 27.3. The largest absolute Gasteiger partial charge is 0.364 e. The minimum Gasteiger partial charge on any atom is -0.364 e. The summed E-state index contributed by atoms with van der Waals surface area (Å²) in [5, 5.41) is 3.44. The summed E-state index contributed by atoms with van der Waals surface area (Å²) in [6.07, 6.45) is 9.05. The monoisotopic (exact) mass is 436 g/mol. The van der Waals surface area contributed by atoms with Gasteiger partial charge in [-0.1, -0.05) is 6.07 Å². The van der Waals surface area contributed by atoms with Gasteiger partial charge in [-0.3, -0.25) is 15.0 Å². The average molecular weight is 437 g/mol. The van der Waals surface area contributed by atoms with Gasteiger partial charge in [0.05, 0.1) is 12.0 Å². The van der Waals surface area contributed by atoms with E-state index in [1.54, 1.807) is 12.4 Å². The number of pyridine rings is 3. The van der Waals surface area contributed by atoms with Crippen molar-refractivity contribution in [3.05, 3.63) is 78.8 Å². The van der Waals surface area contributed by atoms with Crippen molar-refractivity contribution in [3.8, 4) is 22.6 Å². The third-order valence-corrected chi connectivity index (χ3v) is 5.39. The lowest BCUT2D eigenvalue weighted by Gasteiger charge is -2.11. The number of hydrogen-bond acceptors (Lipinski definition) is 7. The molecule has 5 rings (SSSR count). The molecule has 0 saturated heterocycles. The highest BCUT2D eigenvalue weighted by molar-refractivity contribution is 5.85. The molecule has 0 unspecified atom stereocenters. The SMILES string of the molecule is Cc1ccc(-c2nc(NCc3ccc(-c4cccnc4)nc3)c3ncn(C(C)C)c3n2)cn1. The van der Waals surface area contributed by atoms with E-state index in [0.29, 0.717) is 18.2 Å². The van der Waals surface area contributed by atoms with Crippen LogP contribution in [0.5, 0.6) is 0 Å². The summed E-state index contributed by atoms with van der Waals surface area (Å²) < 4.78 is 2.05. The summed E-state index contributed by atoms with van der Waals surface area (Å²) in [5.74, 6) is 1.30. The lowest BCUT2D eigenvalue weighted by molar-refractivity contribution is 0.613. The van der Waals surface area contributed by atoms with Crippen LogP contribution in [0, 0.1) is 6.92 Å². The molecule has 0 aliphatic rings. The van der Waals surface area contributed by atoms with Crippen molar-refractivity contribution in [1.82, 2.24) is 34.5 Å². The van der Waals surface area contributed by atoms with Crippen LogP contribution in [-0.4, -0.2) is 34.5 Å². The van der Waals surface area contributed by atoms with Gasteiger partial charge in [-0.2, -0.15) is 0 Å². The molecule has 0 fully saturated rings. The van der Waals surface area contributed by atoms with E-state index in [4.69, 9.17) is 9.97 Å². The lowest BCUT2D eigenvalue weighted by Crippen LogP contribution is -2.06. The van der Waals surface area contributed by atoms with Gasteiger partial charge in [0.2, 0.25) is 0 Å². The van der Waals surface area contributed by atoms with Crippen LogP contribution < -0.4 is 5.32 Å². The van der Waals surface area contributed by atoms with E-state index < -0.39 is 0 Å². The molecule has 33 heavy (non-hydrogen) atoms. The van der Waals surface area contributed by atoms with Crippen molar-refractivity contribution in [2.24, 2.45) is 0 Å². The molecule has 5 heterocycles. The summed E-state index contributed by atoms with van der Waals surface area (Å²) in [6, 6.07) is 12.1. The van der Waals surface area contributed by atoms with Crippen LogP contribution in [0.1, 0.15) is 31.1 Å². The van der Waals surface area contributed by atoms with E-state index in [9.17, 15) is 0 Å². The summed E-state index contributed by atoms with van der Waals surface area (Å²) in [6.45, 7) is 6.74. The lowest BCUT2D eigenvalue weighted by atomic mass is 10.1. The van der Waals surface area contributed by atoms with E-state index in [2.05, 4.69) is 49.7 Å². The number of aryl methyl sites for hydroxylation is 1. The van der Waals surface area contributed by atoms with Crippen molar-refractivity contribution in [2.45, 2.75) is 33.4 Å². The Balaban J connectivity index is 1.46. The number of aromatic nitrogens is 7.